The maximum atomic E-state index is 14.1. The van der Waals surface area contributed by atoms with Gasteiger partial charge in [-0.05, 0) is 29.7 Å². The molecule has 2 amide bonds. The van der Waals surface area contributed by atoms with Crippen molar-refractivity contribution >= 4 is 39.6 Å². The minimum atomic E-state index is -1.19. The maximum Gasteiger partial charge on any atom is 0.278 e. The number of nitrogens with zero attached hydrogens (tertiary/aromatic N) is 3. The monoisotopic (exact) mass is 525 g/mol. The summed E-state index contributed by atoms with van der Waals surface area (Å²) in [5, 5.41) is 15.3. The van der Waals surface area contributed by atoms with E-state index in [0.717, 1.165) is 15.7 Å². The SMILES string of the molecule is COc1cc([C@@H]2[C@H]3C(=O)N(c4cccc5ccccc45)C(=O)[C@@H]3ON2c2ccccc2)c([N+](=O)[O-])cc1OC. The molecule has 196 valence electrons. The van der Waals surface area contributed by atoms with Gasteiger partial charge in [-0.3, -0.25) is 24.5 Å². The van der Waals surface area contributed by atoms with Crippen LogP contribution in [0.15, 0.2) is 84.9 Å². The fourth-order valence-corrected chi connectivity index (χ4v) is 5.45. The molecular weight excluding hydrogens is 502 g/mol. The number of benzene rings is 4. The number of hydroxylamine groups is 1. The zero-order valence-corrected chi connectivity index (χ0v) is 21.0. The Balaban J connectivity index is 1.53. The molecule has 2 fully saturated rings. The molecule has 0 unspecified atom stereocenters. The van der Waals surface area contributed by atoms with Gasteiger partial charge in [-0.2, -0.15) is 0 Å². The Hall–Kier alpha value is -4.96. The first-order chi connectivity index (χ1) is 18.9. The summed E-state index contributed by atoms with van der Waals surface area (Å²) in [6.07, 6.45) is -1.19. The summed E-state index contributed by atoms with van der Waals surface area (Å²) in [6, 6.07) is 23.4. The van der Waals surface area contributed by atoms with E-state index in [2.05, 4.69) is 0 Å². The molecule has 4 aromatic carbocycles. The van der Waals surface area contributed by atoms with Gasteiger partial charge in [-0.1, -0.05) is 54.6 Å². The van der Waals surface area contributed by atoms with Crippen molar-refractivity contribution in [2.45, 2.75) is 12.1 Å². The predicted octanol–water partition coefficient (Wildman–Crippen LogP) is 4.82. The Morgan fingerprint density at radius 1 is 0.846 bits per heavy atom. The number of carbonyl (C=O) groups excluding carboxylic acids is 2. The molecule has 10 nitrogen and oxygen atoms in total. The lowest BCUT2D eigenvalue weighted by atomic mass is 9.89. The second kappa shape index (κ2) is 9.41. The number of hydrogen-bond acceptors (Lipinski definition) is 8. The third-order valence-corrected chi connectivity index (χ3v) is 7.18. The number of para-hydroxylation sites is 1. The van der Waals surface area contributed by atoms with E-state index in [1.165, 1.54) is 31.4 Å². The molecule has 2 heterocycles. The van der Waals surface area contributed by atoms with Crippen molar-refractivity contribution in [2.75, 3.05) is 24.2 Å². The largest absolute Gasteiger partial charge is 0.493 e. The van der Waals surface area contributed by atoms with Crippen LogP contribution >= 0.6 is 0 Å². The Bertz CT molecular complexity index is 1620. The van der Waals surface area contributed by atoms with Crippen LogP contribution in [0.25, 0.3) is 10.8 Å². The lowest BCUT2D eigenvalue weighted by molar-refractivity contribution is -0.385. The van der Waals surface area contributed by atoms with Crippen LogP contribution in [0.2, 0.25) is 0 Å². The summed E-state index contributed by atoms with van der Waals surface area (Å²) in [5.74, 6) is -1.69. The first kappa shape index (κ1) is 24.4. The molecule has 0 bridgehead atoms. The highest BCUT2D eigenvalue weighted by atomic mass is 16.7. The number of imide groups is 1. The summed E-state index contributed by atoms with van der Waals surface area (Å²) in [6.45, 7) is 0. The summed E-state index contributed by atoms with van der Waals surface area (Å²) in [7, 11) is 2.80. The number of fused-ring (bicyclic) bond motifs is 2. The van der Waals surface area contributed by atoms with Crippen LogP contribution in [0.4, 0.5) is 17.1 Å². The zero-order valence-electron chi connectivity index (χ0n) is 21.0. The number of carbonyl (C=O) groups is 2. The van der Waals surface area contributed by atoms with E-state index in [1.54, 1.807) is 36.4 Å². The van der Waals surface area contributed by atoms with E-state index in [1.807, 2.05) is 36.4 Å². The van der Waals surface area contributed by atoms with Gasteiger partial charge in [-0.15, -0.1) is 0 Å². The van der Waals surface area contributed by atoms with E-state index >= 15 is 0 Å². The molecule has 3 atom stereocenters. The molecule has 0 aliphatic carbocycles. The second-order valence-electron chi connectivity index (χ2n) is 9.19. The minimum Gasteiger partial charge on any atom is -0.493 e. The lowest BCUT2D eigenvalue weighted by Crippen LogP contribution is -2.37. The molecule has 2 aliphatic rings. The van der Waals surface area contributed by atoms with Gasteiger partial charge in [0.2, 0.25) is 5.91 Å². The normalized spacial score (nSPS) is 20.4. The molecule has 4 aromatic rings. The van der Waals surface area contributed by atoms with Gasteiger partial charge < -0.3 is 9.47 Å². The standard InChI is InChI=1S/C29H23N3O7/c1-37-23-15-20(22(32(35)36)16-24(23)38-2)26-25-27(39-31(26)18-11-4-3-5-12-18)29(34)30(28(25)33)21-14-8-10-17-9-6-7-13-19(17)21/h3-16,25-27H,1-2H3/t25-,26-,27-/m1/s1. The smallest absolute Gasteiger partial charge is 0.278 e. The summed E-state index contributed by atoms with van der Waals surface area (Å²) < 4.78 is 10.7. The Morgan fingerprint density at radius 3 is 2.23 bits per heavy atom. The number of nitro groups is 1. The van der Waals surface area contributed by atoms with Gasteiger partial charge in [0.1, 0.15) is 12.0 Å². The first-order valence-electron chi connectivity index (χ1n) is 12.2. The lowest BCUT2D eigenvalue weighted by Gasteiger charge is -2.29. The highest BCUT2D eigenvalue weighted by molar-refractivity contribution is 6.26. The molecule has 2 aliphatic heterocycles. The number of hydrogen-bond donors (Lipinski definition) is 0. The minimum absolute atomic E-state index is 0.162. The number of nitro benzene ring substituents is 1. The van der Waals surface area contributed by atoms with Crippen LogP contribution in [-0.4, -0.2) is 37.1 Å². The number of amides is 2. The number of anilines is 2. The number of ether oxygens (including phenoxy) is 2. The fraction of sp³-hybridized carbons (Fsp3) is 0.172. The summed E-state index contributed by atoms with van der Waals surface area (Å²) in [4.78, 5) is 47.0. The average Bonchev–Trinajstić information content (AvgIpc) is 3.47. The molecule has 6 rings (SSSR count). The van der Waals surface area contributed by atoms with E-state index in [4.69, 9.17) is 14.3 Å². The highest BCUT2D eigenvalue weighted by Crippen LogP contribution is 2.51. The van der Waals surface area contributed by atoms with Crippen molar-refractivity contribution in [3.05, 3.63) is 101 Å². The summed E-state index contributed by atoms with van der Waals surface area (Å²) in [5.41, 5.74) is 0.854. The molecule has 0 N–H and O–H groups in total. The second-order valence-corrected chi connectivity index (χ2v) is 9.19. The summed E-state index contributed by atoms with van der Waals surface area (Å²) >= 11 is 0. The van der Waals surface area contributed by atoms with Gasteiger partial charge >= 0.3 is 0 Å². The van der Waals surface area contributed by atoms with Gasteiger partial charge in [0.15, 0.2) is 17.6 Å². The Labute approximate surface area is 223 Å². The van der Waals surface area contributed by atoms with Crippen molar-refractivity contribution in [1.82, 2.24) is 0 Å². The van der Waals surface area contributed by atoms with E-state index in [9.17, 15) is 19.7 Å². The molecule has 2 saturated heterocycles. The van der Waals surface area contributed by atoms with Crippen LogP contribution in [0.1, 0.15) is 11.6 Å². The van der Waals surface area contributed by atoms with Gasteiger partial charge in [-0.25, -0.2) is 9.96 Å². The van der Waals surface area contributed by atoms with E-state index < -0.39 is 34.8 Å². The Morgan fingerprint density at radius 2 is 1.51 bits per heavy atom. The average molecular weight is 526 g/mol. The van der Waals surface area contributed by atoms with Crippen LogP contribution in [-0.2, 0) is 14.4 Å². The maximum absolute atomic E-state index is 14.1. The number of methoxy groups -OCH3 is 2. The Kier molecular flexibility index (Phi) is 5.88. The molecule has 0 spiro atoms. The fourth-order valence-electron chi connectivity index (χ4n) is 5.45. The highest BCUT2D eigenvalue weighted by Gasteiger charge is 2.61. The molecule has 0 aromatic heterocycles. The molecular formula is C29H23N3O7. The third-order valence-electron chi connectivity index (χ3n) is 7.18. The van der Waals surface area contributed by atoms with Crippen LogP contribution in [0, 0.1) is 16.0 Å². The first-order valence-corrected chi connectivity index (χ1v) is 12.2. The van der Waals surface area contributed by atoms with E-state index in [0.29, 0.717) is 11.4 Å². The third kappa shape index (κ3) is 3.76. The van der Waals surface area contributed by atoms with Crippen LogP contribution < -0.4 is 19.4 Å². The quantitative estimate of drug-likeness (QED) is 0.200. The van der Waals surface area contributed by atoms with Gasteiger partial charge in [0.05, 0.1) is 42.1 Å². The zero-order chi connectivity index (χ0) is 27.3. The van der Waals surface area contributed by atoms with Crippen molar-refractivity contribution in [3.63, 3.8) is 0 Å². The van der Waals surface area contributed by atoms with E-state index in [-0.39, 0.29) is 22.7 Å². The topological polar surface area (TPSA) is 111 Å². The molecule has 10 heteroatoms. The molecule has 39 heavy (non-hydrogen) atoms. The van der Waals surface area contributed by atoms with Crippen LogP contribution in [0.3, 0.4) is 0 Å². The van der Waals surface area contributed by atoms with Crippen molar-refractivity contribution in [1.29, 1.82) is 0 Å². The van der Waals surface area contributed by atoms with Gasteiger partial charge in [0.25, 0.3) is 11.6 Å². The molecule has 0 saturated carbocycles. The number of rotatable bonds is 6. The molecule has 0 radical (unpaired) electrons. The van der Waals surface area contributed by atoms with Crippen molar-refractivity contribution in [3.8, 4) is 11.5 Å². The van der Waals surface area contributed by atoms with Crippen molar-refractivity contribution < 1.29 is 28.8 Å². The predicted molar refractivity (Wildman–Crippen MR) is 143 cm³/mol. The van der Waals surface area contributed by atoms with Crippen LogP contribution in [0.5, 0.6) is 11.5 Å². The van der Waals surface area contributed by atoms with Crippen molar-refractivity contribution in [2.24, 2.45) is 5.92 Å². The van der Waals surface area contributed by atoms with Gasteiger partial charge in [0, 0.05) is 5.39 Å².